The second-order valence-corrected chi connectivity index (χ2v) is 6.06. The number of nitrogens with zero attached hydrogens (tertiary/aromatic N) is 2. The molecule has 0 atom stereocenters. The number of carbonyl (C=O) groups excluding carboxylic acids is 1. The molecule has 0 spiro atoms. The van der Waals surface area contributed by atoms with E-state index in [1.54, 1.807) is 4.90 Å². The van der Waals surface area contributed by atoms with Crippen molar-refractivity contribution in [3.63, 3.8) is 0 Å². The molecule has 0 aromatic heterocycles. The van der Waals surface area contributed by atoms with Crippen LogP contribution in [0.1, 0.15) is 34.1 Å². The maximum Gasteiger partial charge on any atom is 0.410 e. The molecule has 0 unspecified atom stereocenters. The fraction of sp³-hybridized carbons (Fsp3) is 0.929. The van der Waals surface area contributed by atoms with Crippen LogP contribution in [-0.2, 0) is 4.74 Å². The number of nitrogens with one attached hydrogen (secondary N) is 1. The summed E-state index contributed by atoms with van der Waals surface area (Å²) >= 11 is 0. The number of hydrogen-bond acceptors (Lipinski definition) is 4. The van der Waals surface area contributed by atoms with E-state index in [0.717, 1.165) is 45.8 Å². The van der Waals surface area contributed by atoms with Crippen molar-refractivity contribution in [2.75, 3.05) is 45.8 Å². The maximum absolute atomic E-state index is 11.9. The highest BCUT2D eigenvalue weighted by Gasteiger charge is 2.25. The zero-order chi connectivity index (χ0) is 14.3. The number of ether oxygens (including phenoxy) is 1. The molecule has 1 aliphatic heterocycles. The third-order valence-electron chi connectivity index (χ3n) is 3.06. The average molecular weight is 271 g/mol. The smallest absolute Gasteiger partial charge is 0.410 e. The van der Waals surface area contributed by atoms with Crippen LogP contribution in [0.4, 0.5) is 4.79 Å². The first-order chi connectivity index (χ1) is 8.92. The summed E-state index contributed by atoms with van der Waals surface area (Å²) in [6.45, 7) is 14.5. The normalized spacial score (nSPS) is 17.6. The lowest BCUT2D eigenvalue weighted by atomic mass is 10.2. The first kappa shape index (κ1) is 16.2. The average Bonchev–Trinajstić information content (AvgIpc) is 2.33. The van der Waals surface area contributed by atoms with Crippen LogP contribution in [0.15, 0.2) is 0 Å². The number of carbonyl (C=O) groups is 1. The Balaban J connectivity index is 2.19. The van der Waals surface area contributed by atoms with Gasteiger partial charge in [0.1, 0.15) is 5.60 Å². The number of rotatable bonds is 5. The second-order valence-electron chi connectivity index (χ2n) is 6.06. The lowest BCUT2D eigenvalue weighted by Crippen LogP contribution is -2.51. The molecule has 1 N–H and O–H groups in total. The highest BCUT2D eigenvalue weighted by molar-refractivity contribution is 5.68. The van der Waals surface area contributed by atoms with Gasteiger partial charge < -0.3 is 15.0 Å². The Morgan fingerprint density at radius 1 is 1.16 bits per heavy atom. The second kappa shape index (κ2) is 7.70. The highest BCUT2D eigenvalue weighted by Crippen LogP contribution is 2.11. The molecular formula is C14H29N3O2. The topological polar surface area (TPSA) is 44.8 Å². The minimum absolute atomic E-state index is 0.184. The number of piperazine rings is 1. The summed E-state index contributed by atoms with van der Waals surface area (Å²) in [6.07, 6.45) is 0.989. The largest absolute Gasteiger partial charge is 0.444 e. The van der Waals surface area contributed by atoms with Gasteiger partial charge in [-0.25, -0.2) is 4.79 Å². The predicted octanol–water partition coefficient (Wildman–Crippen LogP) is 1.54. The van der Waals surface area contributed by atoms with Crippen LogP contribution in [-0.4, -0.2) is 67.3 Å². The summed E-state index contributed by atoms with van der Waals surface area (Å²) < 4.78 is 5.38. The summed E-state index contributed by atoms with van der Waals surface area (Å²) in [5, 5.41) is 3.40. The van der Waals surface area contributed by atoms with Crippen LogP contribution in [0.5, 0.6) is 0 Å². The Labute approximate surface area is 117 Å². The van der Waals surface area contributed by atoms with Crippen molar-refractivity contribution in [2.45, 2.75) is 39.7 Å². The first-order valence-electron chi connectivity index (χ1n) is 7.33. The highest BCUT2D eigenvalue weighted by atomic mass is 16.6. The van der Waals surface area contributed by atoms with E-state index >= 15 is 0 Å². The predicted molar refractivity (Wildman–Crippen MR) is 77.4 cm³/mol. The molecule has 0 aliphatic carbocycles. The fourth-order valence-electron chi connectivity index (χ4n) is 2.02. The molecule has 1 aliphatic rings. The standard InChI is InChI=1S/C14H29N3O2/c1-5-6-15-7-8-16-9-11-17(12-10-16)13(18)19-14(2,3)4/h15H,5-12H2,1-4H3. The van der Waals surface area contributed by atoms with E-state index in [2.05, 4.69) is 17.1 Å². The Kier molecular flexibility index (Phi) is 6.58. The SMILES string of the molecule is CCCNCCN1CCN(C(=O)OC(C)(C)C)CC1. The van der Waals surface area contributed by atoms with Crippen LogP contribution < -0.4 is 5.32 Å². The summed E-state index contributed by atoms with van der Waals surface area (Å²) in [5.74, 6) is 0. The third-order valence-corrected chi connectivity index (χ3v) is 3.06. The molecule has 19 heavy (non-hydrogen) atoms. The van der Waals surface area contributed by atoms with Gasteiger partial charge in [0.2, 0.25) is 0 Å². The van der Waals surface area contributed by atoms with Crippen LogP contribution in [0, 0.1) is 0 Å². The quantitative estimate of drug-likeness (QED) is 0.770. The van der Waals surface area contributed by atoms with Crippen molar-refractivity contribution in [1.82, 2.24) is 15.1 Å². The van der Waals surface area contributed by atoms with Crippen LogP contribution in [0.3, 0.4) is 0 Å². The Hall–Kier alpha value is -0.810. The van der Waals surface area contributed by atoms with Gasteiger partial charge in [-0.1, -0.05) is 6.92 Å². The van der Waals surface area contributed by atoms with Crippen molar-refractivity contribution in [1.29, 1.82) is 0 Å². The Morgan fingerprint density at radius 2 is 1.79 bits per heavy atom. The van der Waals surface area contributed by atoms with Gasteiger partial charge in [-0.15, -0.1) is 0 Å². The van der Waals surface area contributed by atoms with E-state index in [1.165, 1.54) is 6.42 Å². The minimum Gasteiger partial charge on any atom is -0.444 e. The van der Waals surface area contributed by atoms with Gasteiger partial charge in [0.25, 0.3) is 0 Å². The van der Waals surface area contributed by atoms with E-state index in [4.69, 9.17) is 4.74 Å². The number of hydrogen-bond donors (Lipinski definition) is 1. The molecule has 1 amide bonds. The van der Waals surface area contributed by atoms with Crippen LogP contribution in [0.25, 0.3) is 0 Å². The zero-order valence-electron chi connectivity index (χ0n) is 12.9. The summed E-state index contributed by atoms with van der Waals surface area (Å²) in [7, 11) is 0. The van der Waals surface area contributed by atoms with Gasteiger partial charge >= 0.3 is 6.09 Å². The molecule has 5 heteroatoms. The molecule has 0 radical (unpaired) electrons. The lowest BCUT2D eigenvalue weighted by molar-refractivity contribution is 0.0146. The molecule has 1 rings (SSSR count). The Morgan fingerprint density at radius 3 is 2.32 bits per heavy atom. The van der Waals surface area contributed by atoms with Gasteiger partial charge in [-0.3, -0.25) is 4.90 Å². The fourth-order valence-corrected chi connectivity index (χ4v) is 2.02. The minimum atomic E-state index is -0.404. The molecule has 0 bridgehead atoms. The molecule has 5 nitrogen and oxygen atoms in total. The van der Waals surface area contributed by atoms with Crippen molar-refractivity contribution in [3.05, 3.63) is 0 Å². The number of amides is 1. The first-order valence-corrected chi connectivity index (χ1v) is 7.33. The van der Waals surface area contributed by atoms with Crippen molar-refractivity contribution in [2.24, 2.45) is 0 Å². The van der Waals surface area contributed by atoms with Crippen LogP contribution >= 0.6 is 0 Å². The van der Waals surface area contributed by atoms with Gasteiger partial charge in [-0.2, -0.15) is 0 Å². The summed E-state index contributed by atoms with van der Waals surface area (Å²) in [5.41, 5.74) is -0.404. The van der Waals surface area contributed by atoms with Crippen molar-refractivity contribution in [3.8, 4) is 0 Å². The van der Waals surface area contributed by atoms with Gasteiger partial charge in [0, 0.05) is 39.3 Å². The molecule has 112 valence electrons. The zero-order valence-corrected chi connectivity index (χ0v) is 12.9. The molecule has 0 aromatic carbocycles. The van der Waals surface area contributed by atoms with Gasteiger partial charge in [-0.05, 0) is 33.7 Å². The van der Waals surface area contributed by atoms with E-state index in [-0.39, 0.29) is 6.09 Å². The van der Waals surface area contributed by atoms with Crippen molar-refractivity contribution < 1.29 is 9.53 Å². The third kappa shape index (κ3) is 6.78. The molecule has 0 aromatic rings. The van der Waals surface area contributed by atoms with Gasteiger partial charge in [0.15, 0.2) is 0 Å². The maximum atomic E-state index is 11.9. The van der Waals surface area contributed by atoms with Crippen molar-refractivity contribution >= 4 is 6.09 Å². The summed E-state index contributed by atoms with van der Waals surface area (Å²) in [4.78, 5) is 16.1. The molecule has 1 heterocycles. The Bertz CT molecular complexity index is 268. The van der Waals surface area contributed by atoms with E-state index in [9.17, 15) is 4.79 Å². The van der Waals surface area contributed by atoms with E-state index in [1.807, 2.05) is 20.8 Å². The molecule has 1 saturated heterocycles. The summed E-state index contributed by atoms with van der Waals surface area (Å²) in [6, 6.07) is 0. The van der Waals surface area contributed by atoms with Crippen LogP contribution in [0.2, 0.25) is 0 Å². The van der Waals surface area contributed by atoms with Gasteiger partial charge in [0.05, 0.1) is 0 Å². The molecular weight excluding hydrogens is 242 g/mol. The monoisotopic (exact) mass is 271 g/mol. The lowest BCUT2D eigenvalue weighted by Gasteiger charge is -2.35. The molecule has 1 fully saturated rings. The van der Waals surface area contributed by atoms with E-state index < -0.39 is 5.60 Å². The van der Waals surface area contributed by atoms with E-state index in [0.29, 0.717) is 0 Å². The molecule has 0 saturated carbocycles.